The summed E-state index contributed by atoms with van der Waals surface area (Å²) in [4.78, 5) is 0. The first-order chi connectivity index (χ1) is 8.66. The number of halogens is 1. The van der Waals surface area contributed by atoms with Crippen molar-refractivity contribution in [3.63, 3.8) is 0 Å². The molecule has 1 aromatic carbocycles. The van der Waals surface area contributed by atoms with E-state index in [1.807, 2.05) is 6.08 Å². The Hall–Kier alpha value is -0.800. The maximum absolute atomic E-state index is 10.6. The fourth-order valence-corrected chi connectivity index (χ4v) is 3.42. The van der Waals surface area contributed by atoms with Crippen LogP contribution >= 0.6 is 15.9 Å². The first-order valence-electron chi connectivity index (χ1n) is 6.50. The van der Waals surface area contributed by atoms with Crippen LogP contribution in [0.3, 0.4) is 0 Å². The molecule has 0 aromatic heterocycles. The Morgan fingerprint density at radius 1 is 1.39 bits per heavy atom. The number of hydrogen-bond donors (Lipinski definition) is 1. The molecule has 0 bridgehead atoms. The van der Waals surface area contributed by atoms with Crippen molar-refractivity contribution in [1.29, 1.82) is 0 Å². The number of ether oxygens (including phenoxy) is 1. The fraction of sp³-hybridized carbons (Fsp3) is 0.467. The third kappa shape index (κ3) is 2.34. The first kappa shape index (κ1) is 12.2. The third-order valence-electron chi connectivity index (χ3n) is 3.73. The van der Waals surface area contributed by atoms with E-state index in [1.165, 1.54) is 5.56 Å². The summed E-state index contributed by atoms with van der Waals surface area (Å²) < 4.78 is 6.79. The summed E-state index contributed by atoms with van der Waals surface area (Å²) in [5.74, 6) is 0.991. The molecule has 18 heavy (non-hydrogen) atoms. The molecule has 2 nitrogen and oxygen atoms in total. The van der Waals surface area contributed by atoms with E-state index in [4.69, 9.17) is 4.74 Å². The van der Waals surface area contributed by atoms with Crippen LogP contribution in [0, 0.1) is 0 Å². The topological polar surface area (TPSA) is 29.5 Å². The van der Waals surface area contributed by atoms with E-state index in [-0.39, 0.29) is 0 Å². The largest absolute Gasteiger partial charge is 0.493 e. The van der Waals surface area contributed by atoms with Gasteiger partial charge in [-0.15, -0.1) is 0 Å². The van der Waals surface area contributed by atoms with Crippen LogP contribution in [0.4, 0.5) is 0 Å². The molecule has 3 rings (SSSR count). The Morgan fingerprint density at radius 3 is 3.06 bits per heavy atom. The summed E-state index contributed by atoms with van der Waals surface area (Å²) in [5, 5.41) is 10.6. The number of rotatable bonds is 2. The van der Waals surface area contributed by atoms with Crippen molar-refractivity contribution in [2.75, 3.05) is 6.61 Å². The summed E-state index contributed by atoms with van der Waals surface area (Å²) in [6.45, 7) is 0.757. The molecule has 0 spiro atoms. The minimum Gasteiger partial charge on any atom is -0.493 e. The molecule has 1 atom stereocenters. The third-order valence-corrected chi connectivity index (χ3v) is 4.19. The average Bonchev–Trinajstić information content (AvgIpc) is 2.77. The first-order valence-corrected chi connectivity index (χ1v) is 7.30. The predicted octanol–water partition coefficient (Wildman–Crippen LogP) is 3.40. The summed E-state index contributed by atoms with van der Waals surface area (Å²) in [6.07, 6.45) is 8.63. The second kappa shape index (κ2) is 4.71. The zero-order valence-corrected chi connectivity index (χ0v) is 11.9. The quantitative estimate of drug-likeness (QED) is 0.849. The molecule has 0 saturated heterocycles. The van der Waals surface area contributed by atoms with E-state index < -0.39 is 5.60 Å². The van der Waals surface area contributed by atoms with Gasteiger partial charge in [0.2, 0.25) is 0 Å². The van der Waals surface area contributed by atoms with Gasteiger partial charge in [0.25, 0.3) is 0 Å². The van der Waals surface area contributed by atoms with Crippen molar-refractivity contribution in [2.24, 2.45) is 0 Å². The van der Waals surface area contributed by atoms with Crippen molar-refractivity contribution in [1.82, 2.24) is 0 Å². The highest BCUT2D eigenvalue weighted by Gasteiger charge is 2.28. The van der Waals surface area contributed by atoms with Gasteiger partial charge in [-0.1, -0.05) is 28.1 Å². The Morgan fingerprint density at radius 2 is 2.28 bits per heavy atom. The van der Waals surface area contributed by atoms with Crippen LogP contribution in [-0.4, -0.2) is 17.3 Å². The van der Waals surface area contributed by atoms with E-state index in [1.54, 1.807) is 0 Å². The number of aliphatic hydroxyl groups is 1. The highest BCUT2D eigenvalue weighted by atomic mass is 79.9. The lowest BCUT2D eigenvalue weighted by Crippen LogP contribution is -2.30. The van der Waals surface area contributed by atoms with Crippen molar-refractivity contribution >= 4 is 15.9 Å². The van der Waals surface area contributed by atoms with E-state index in [9.17, 15) is 5.11 Å². The van der Waals surface area contributed by atoms with Gasteiger partial charge in [0.1, 0.15) is 5.75 Å². The molecule has 1 aromatic rings. The van der Waals surface area contributed by atoms with Crippen LogP contribution in [0.1, 0.15) is 30.4 Å². The highest BCUT2D eigenvalue weighted by molar-refractivity contribution is 9.10. The Bertz CT molecular complexity index is 496. The molecule has 1 heterocycles. The summed E-state index contributed by atoms with van der Waals surface area (Å²) in [5.41, 5.74) is 1.67. The zero-order chi connectivity index (χ0) is 12.6. The molecule has 0 radical (unpaired) electrons. The number of benzene rings is 1. The lowest BCUT2D eigenvalue weighted by molar-refractivity contribution is 0.0744. The minimum atomic E-state index is -0.696. The zero-order valence-electron chi connectivity index (χ0n) is 10.3. The van der Waals surface area contributed by atoms with Crippen LogP contribution < -0.4 is 4.74 Å². The molecule has 0 saturated carbocycles. The molecule has 1 unspecified atom stereocenters. The van der Waals surface area contributed by atoms with Crippen LogP contribution in [0.15, 0.2) is 28.8 Å². The van der Waals surface area contributed by atoms with Crippen molar-refractivity contribution in [3.8, 4) is 5.75 Å². The smallest absolute Gasteiger partial charge is 0.126 e. The van der Waals surface area contributed by atoms with Crippen molar-refractivity contribution < 1.29 is 9.84 Å². The maximum Gasteiger partial charge on any atom is 0.126 e. The fourth-order valence-electron chi connectivity index (χ4n) is 2.87. The summed E-state index contributed by atoms with van der Waals surface area (Å²) in [7, 11) is 0. The Balaban J connectivity index is 1.93. The van der Waals surface area contributed by atoms with Crippen LogP contribution in [0.2, 0.25) is 0 Å². The Labute approximate surface area is 116 Å². The van der Waals surface area contributed by atoms with Crippen LogP contribution in [0.5, 0.6) is 5.75 Å². The molecule has 0 amide bonds. The van der Waals surface area contributed by atoms with E-state index in [0.29, 0.717) is 6.42 Å². The molecular formula is C15H17BrO2. The normalized spacial score (nSPS) is 25.9. The monoisotopic (exact) mass is 308 g/mol. The molecule has 2 aliphatic rings. The average molecular weight is 309 g/mol. The van der Waals surface area contributed by atoms with Gasteiger partial charge in [0, 0.05) is 17.3 Å². The van der Waals surface area contributed by atoms with Crippen molar-refractivity contribution in [3.05, 3.63) is 39.9 Å². The van der Waals surface area contributed by atoms with Gasteiger partial charge in [-0.2, -0.15) is 0 Å². The second-order valence-electron chi connectivity index (χ2n) is 5.23. The molecular weight excluding hydrogens is 292 g/mol. The van der Waals surface area contributed by atoms with Gasteiger partial charge in [-0.25, -0.2) is 0 Å². The van der Waals surface area contributed by atoms with Gasteiger partial charge < -0.3 is 9.84 Å². The standard InChI is InChI=1S/C15H17BrO2/c16-13-8-11-4-7-18-14(11)12(9-13)10-15(17)5-2-1-3-6-15/h2,5,8-9,17H,1,3-4,6-7,10H2. The lowest BCUT2D eigenvalue weighted by atomic mass is 9.85. The van der Waals surface area contributed by atoms with Gasteiger partial charge in [0.15, 0.2) is 0 Å². The van der Waals surface area contributed by atoms with E-state index in [0.717, 1.165) is 48.1 Å². The SMILES string of the molecule is OC1(Cc2cc(Br)cc3c2OCC3)C=CCCC1. The predicted molar refractivity (Wildman–Crippen MR) is 75.0 cm³/mol. The van der Waals surface area contributed by atoms with E-state index in [2.05, 4.69) is 34.1 Å². The van der Waals surface area contributed by atoms with Crippen LogP contribution in [-0.2, 0) is 12.8 Å². The number of allylic oxidation sites excluding steroid dienone is 1. The van der Waals surface area contributed by atoms with Crippen molar-refractivity contribution in [2.45, 2.75) is 37.7 Å². The number of fused-ring (bicyclic) bond motifs is 1. The molecule has 3 heteroatoms. The van der Waals surface area contributed by atoms with Gasteiger partial charge in [-0.05, 0) is 42.5 Å². The molecule has 1 aliphatic heterocycles. The summed E-state index contributed by atoms with van der Waals surface area (Å²) in [6, 6.07) is 4.19. The van der Waals surface area contributed by atoms with Gasteiger partial charge in [0.05, 0.1) is 12.2 Å². The molecule has 1 aliphatic carbocycles. The van der Waals surface area contributed by atoms with Gasteiger partial charge in [-0.3, -0.25) is 0 Å². The minimum absolute atomic E-state index is 0.644. The molecule has 1 N–H and O–H groups in total. The van der Waals surface area contributed by atoms with Gasteiger partial charge >= 0.3 is 0 Å². The van der Waals surface area contributed by atoms with E-state index >= 15 is 0 Å². The second-order valence-corrected chi connectivity index (χ2v) is 6.14. The lowest BCUT2D eigenvalue weighted by Gasteiger charge is -2.28. The molecule has 0 fully saturated rings. The Kier molecular flexibility index (Phi) is 3.20. The number of hydrogen-bond acceptors (Lipinski definition) is 2. The maximum atomic E-state index is 10.6. The molecule has 96 valence electrons. The highest BCUT2D eigenvalue weighted by Crippen LogP contribution is 2.36. The summed E-state index contributed by atoms with van der Waals surface area (Å²) >= 11 is 3.54. The van der Waals surface area contributed by atoms with Crippen LogP contribution in [0.25, 0.3) is 0 Å².